The maximum Gasteiger partial charge on any atom is 0.328 e. The number of carbonyl (C=O) groups is 1. The van der Waals surface area contributed by atoms with Gasteiger partial charge in [-0.1, -0.05) is 18.2 Å². The van der Waals surface area contributed by atoms with Gasteiger partial charge in [0.2, 0.25) is 0 Å². The number of esters is 1. The zero-order valence-electron chi connectivity index (χ0n) is 8.96. The van der Waals surface area contributed by atoms with Gasteiger partial charge in [0.25, 0.3) is 0 Å². The number of nitriles is 1. The minimum absolute atomic E-state index is 0.260. The highest BCUT2D eigenvalue weighted by atomic mass is 16.5. The highest BCUT2D eigenvalue weighted by molar-refractivity contribution is 5.93. The van der Waals surface area contributed by atoms with E-state index in [0.29, 0.717) is 5.69 Å². The summed E-state index contributed by atoms with van der Waals surface area (Å²) in [7, 11) is 0. The molecule has 82 valence electrons. The normalized spacial score (nSPS) is 12.0. The van der Waals surface area contributed by atoms with Crippen molar-refractivity contribution in [2.75, 3.05) is 6.61 Å². The minimum atomic E-state index is -0.944. The first-order valence-corrected chi connectivity index (χ1v) is 4.93. The number of para-hydroxylation sites is 1. The van der Waals surface area contributed by atoms with Gasteiger partial charge in [-0.2, -0.15) is 5.26 Å². The van der Waals surface area contributed by atoms with E-state index in [4.69, 9.17) is 10.00 Å². The van der Waals surface area contributed by atoms with E-state index >= 15 is 0 Å². The molecule has 0 aromatic heterocycles. The van der Waals surface area contributed by atoms with Crippen LogP contribution in [0.25, 0.3) is 0 Å². The number of aliphatic imine (C=N–C) groups is 1. The lowest BCUT2D eigenvalue weighted by molar-refractivity contribution is -0.143. The number of rotatable bonds is 4. The summed E-state index contributed by atoms with van der Waals surface area (Å²) in [5.74, 6) is -1.51. The summed E-state index contributed by atoms with van der Waals surface area (Å²) in [6.07, 6.45) is 1.30. The lowest BCUT2D eigenvalue weighted by atomic mass is 10.2. The van der Waals surface area contributed by atoms with E-state index in [0.717, 1.165) is 0 Å². The molecule has 0 aliphatic carbocycles. The fourth-order valence-corrected chi connectivity index (χ4v) is 1.05. The Morgan fingerprint density at radius 3 is 2.81 bits per heavy atom. The Morgan fingerprint density at radius 1 is 1.56 bits per heavy atom. The first-order chi connectivity index (χ1) is 7.77. The van der Waals surface area contributed by atoms with Crippen molar-refractivity contribution >= 4 is 17.9 Å². The second kappa shape index (κ2) is 6.36. The first-order valence-electron chi connectivity index (χ1n) is 4.93. The Labute approximate surface area is 94.2 Å². The molecule has 0 aliphatic heterocycles. The van der Waals surface area contributed by atoms with Gasteiger partial charge in [0.05, 0.1) is 18.4 Å². The molecule has 1 aromatic carbocycles. The van der Waals surface area contributed by atoms with Crippen LogP contribution in [0.3, 0.4) is 0 Å². The van der Waals surface area contributed by atoms with Crippen LogP contribution in [0.4, 0.5) is 5.69 Å². The second-order valence-corrected chi connectivity index (χ2v) is 2.97. The molecule has 1 aromatic rings. The van der Waals surface area contributed by atoms with Crippen molar-refractivity contribution < 1.29 is 9.53 Å². The maximum absolute atomic E-state index is 11.3. The lowest BCUT2D eigenvalue weighted by Gasteiger charge is -2.02. The van der Waals surface area contributed by atoms with Crippen molar-refractivity contribution in [3.63, 3.8) is 0 Å². The summed E-state index contributed by atoms with van der Waals surface area (Å²) in [6.45, 7) is 1.96. The molecule has 0 bridgehead atoms. The van der Waals surface area contributed by atoms with Crippen LogP contribution >= 0.6 is 0 Å². The SMILES string of the molecule is CCOC(=O)[C@H](C#N)C=Nc1ccccc1. The molecular formula is C12H12N2O2. The Balaban J connectivity index is 2.68. The lowest BCUT2D eigenvalue weighted by Crippen LogP contribution is -2.17. The van der Waals surface area contributed by atoms with Crippen molar-refractivity contribution in [3.05, 3.63) is 30.3 Å². The summed E-state index contributed by atoms with van der Waals surface area (Å²) < 4.78 is 4.73. The van der Waals surface area contributed by atoms with Crippen LogP contribution in [0.2, 0.25) is 0 Å². The fraction of sp³-hybridized carbons (Fsp3) is 0.250. The first kappa shape index (κ1) is 11.9. The van der Waals surface area contributed by atoms with Crippen LogP contribution in [0, 0.1) is 17.2 Å². The van der Waals surface area contributed by atoms with Crippen LogP contribution in [-0.4, -0.2) is 18.8 Å². The molecule has 0 spiro atoms. The third-order valence-corrected chi connectivity index (χ3v) is 1.81. The van der Waals surface area contributed by atoms with E-state index in [1.54, 1.807) is 19.1 Å². The van der Waals surface area contributed by atoms with E-state index < -0.39 is 11.9 Å². The number of nitrogens with zero attached hydrogens (tertiary/aromatic N) is 2. The molecule has 0 unspecified atom stereocenters. The van der Waals surface area contributed by atoms with Crippen molar-refractivity contribution in [2.45, 2.75) is 6.92 Å². The molecule has 0 amide bonds. The van der Waals surface area contributed by atoms with E-state index in [1.165, 1.54) is 6.21 Å². The van der Waals surface area contributed by atoms with Crippen LogP contribution < -0.4 is 0 Å². The van der Waals surface area contributed by atoms with Gasteiger partial charge in [-0.3, -0.25) is 9.79 Å². The molecule has 0 fully saturated rings. The van der Waals surface area contributed by atoms with E-state index in [9.17, 15) is 4.79 Å². The molecule has 0 aliphatic rings. The molecule has 1 atom stereocenters. The second-order valence-electron chi connectivity index (χ2n) is 2.97. The number of ether oxygens (including phenoxy) is 1. The summed E-state index contributed by atoms with van der Waals surface area (Å²) in [4.78, 5) is 15.3. The molecular weight excluding hydrogens is 204 g/mol. The number of benzene rings is 1. The van der Waals surface area contributed by atoms with Gasteiger partial charge in [-0.25, -0.2) is 0 Å². The van der Waals surface area contributed by atoms with E-state index in [1.807, 2.05) is 24.3 Å². The Kier molecular flexibility index (Phi) is 4.74. The molecule has 1 rings (SSSR count). The van der Waals surface area contributed by atoms with Gasteiger partial charge in [-0.15, -0.1) is 0 Å². The zero-order chi connectivity index (χ0) is 11.8. The smallest absolute Gasteiger partial charge is 0.328 e. The fourth-order valence-electron chi connectivity index (χ4n) is 1.05. The average molecular weight is 216 g/mol. The predicted octanol–water partition coefficient (Wildman–Crippen LogP) is 2.09. The van der Waals surface area contributed by atoms with Gasteiger partial charge in [0, 0.05) is 6.21 Å². The van der Waals surface area contributed by atoms with Crippen LogP contribution in [0.5, 0.6) is 0 Å². The minimum Gasteiger partial charge on any atom is -0.465 e. The maximum atomic E-state index is 11.3. The van der Waals surface area contributed by atoms with Gasteiger partial charge in [0.15, 0.2) is 5.92 Å². The quantitative estimate of drug-likeness (QED) is 0.571. The summed E-state index contributed by atoms with van der Waals surface area (Å²) in [5.41, 5.74) is 0.701. The highest BCUT2D eigenvalue weighted by Gasteiger charge is 2.16. The molecule has 0 saturated heterocycles. The van der Waals surface area contributed by atoms with Crippen molar-refractivity contribution in [3.8, 4) is 6.07 Å². The van der Waals surface area contributed by atoms with Crippen molar-refractivity contribution in [2.24, 2.45) is 10.9 Å². The van der Waals surface area contributed by atoms with E-state index in [-0.39, 0.29) is 6.61 Å². The predicted molar refractivity (Wildman–Crippen MR) is 60.3 cm³/mol. The average Bonchev–Trinajstić information content (AvgIpc) is 2.31. The Bertz CT molecular complexity index is 407. The zero-order valence-corrected chi connectivity index (χ0v) is 8.96. The van der Waals surface area contributed by atoms with Gasteiger partial charge >= 0.3 is 5.97 Å². The number of hydrogen-bond acceptors (Lipinski definition) is 4. The van der Waals surface area contributed by atoms with Crippen LogP contribution in [0.15, 0.2) is 35.3 Å². The van der Waals surface area contributed by atoms with Crippen molar-refractivity contribution in [1.82, 2.24) is 0 Å². The standard InChI is InChI=1S/C12H12N2O2/c1-2-16-12(15)10(8-13)9-14-11-6-4-3-5-7-11/h3-7,9-10H,2H2,1H3/t10-/m1/s1. The van der Waals surface area contributed by atoms with Crippen LogP contribution in [-0.2, 0) is 9.53 Å². The highest BCUT2D eigenvalue weighted by Crippen LogP contribution is 2.09. The van der Waals surface area contributed by atoms with Crippen molar-refractivity contribution in [1.29, 1.82) is 5.26 Å². The monoisotopic (exact) mass is 216 g/mol. The molecule has 0 N–H and O–H groups in total. The Hall–Kier alpha value is -2.15. The largest absolute Gasteiger partial charge is 0.465 e. The van der Waals surface area contributed by atoms with Gasteiger partial charge in [0.1, 0.15) is 0 Å². The molecule has 4 nitrogen and oxygen atoms in total. The summed E-state index contributed by atoms with van der Waals surface area (Å²) >= 11 is 0. The molecule has 0 heterocycles. The molecule has 0 saturated carbocycles. The number of hydrogen-bond donors (Lipinski definition) is 0. The summed E-state index contributed by atoms with van der Waals surface area (Å²) in [5, 5.41) is 8.76. The van der Waals surface area contributed by atoms with Gasteiger partial charge in [-0.05, 0) is 19.1 Å². The topological polar surface area (TPSA) is 62.5 Å². The van der Waals surface area contributed by atoms with Gasteiger partial charge < -0.3 is 4.74 Å². The third kappa shape index (κ3) is 3.54. The molecule has 4 heteroatoms. The molecule has 0 radical (unpaired) electrons. The van der Waals surface area contributed by atoms with Crippen LogP contribution in [0.1, 0.15) is 6.92 Å². The van der Waals surface area contributed by atoms with E-state index in [2.05, 4.69) is 4.99 Å². The molecule has 16 heavy (non-hydrogen) atoms. The number of carbonyl (C=O) groups excluding carboxylic acids is 1. The third-order valence-electron chi connectivity index (χ3n) is 1.81. The Morgan fingerprint density at radius 2 is 2.25 bits per heavy atom. The summed E-state index contributed by atoms with van der Waals surface area (Å²) in [6, 6.07) is 10.9.